The first-order chi connectivity index (χ1) is 11.0. The highest BCUT2D eigenvalue weighted by atomic mass is 16.5. The maximum Gasteiger partial charge on any atom is 0.108 e. The zero-order valence-corrected chi connectivity index (χ0v) is 14.4. The Balaban J connectivity index is 1.78. The van der Waals surface area contributed by atoms with Gasteiger partial charge >= 0.3 is 0 Å². The van der Waals surface area contributed by atoms with Crippen molar-refractivity contribution in [3.05, 3.63) is 71.8 Å². The number of ether oxygens (including phenoxy) is 1. The van der Waals surface area contributed by atoms with Gasteiger partial charge in [0.15, 0.2) is 0 Å². The van der Waals surface area contributed by atoms with E-state index >= 15 is 0 Å². The summed E-state index contributed by atoms with van der Waals surface area (Å²) in [6, 6.07) is 21.1. The summed E-state index contributed by atoms with van der Waals surface area (Å²) in [7, 11) is 0. The lowest BCUT2D eigenvalue weighted by atomic mass is 10.0. The molecule has 0 N–H and O–H groups in total. The van der Waals surface area contributed by atoms with Gasteiger partial charge in [-0.25, -0.2) is 0 Å². The molecule has 1 aliphatic rings. The summed E-state index contributed by atoms with van der Waals surface area (Å²) in [4.78, 5) is 2.52. The largest absolute Gasteiger partial charge is 0.364 e. The summed E-state index contributed by atoms with van der Waals surface area (Å²) in [5, 5.41) is 0. The van der Waals surface area contributed by atoms with Gasteiger partial charge in [0.1, 0.15) is 6.10 Å². The van der Waals surface area contributed by atoms with Crippen LogP contribution >= 0.6 is 0 Å². The van der Waals surface area contributed by atoms with Crippen LogP contribution in [0.3, 0.4) is 0 Å². The summed E-state index contributed by atoms with van der Waals surface area (Å²) in [5.74, 6) is 0. The van der Waals surface area contributed by atoms with Crippen LogP contribution in [-0.2, 0) is 4.74 Å². The number of hydrogen-bond acceptors (Lipinski definition) is 2. The summed E-state index contributed by atoms with van der Waals surface area (Å²) < 4.78 is 6.57. The molecule has 1 saturated heterocycles. The number of rotatable bonds is 4. The minimum atomic E-state index is 0.0160. The molecule has 23 heavy (non-hydrogen) atoms. The Bertz CT molecular complexity index is 563. The molecule has 1 atom stereocenters. The molecule has 2 nitrogen and oxygen atoms in total. The van der Waals surface area contributed by atoms with E-state index in [0.717, 1.165) is 19.5 Å². The van der Waals surface area contributed by atoms with Crippen molar-refractivity contribution < 1.29 is 4.74 Å². The topological polar surface area (TPSA) is 12.5 Å². The Hall–Kier alpha value is -1.64. The van der Waals surface area contributed by atoms with Gasteiger partial charge in [0.25, 0.3) is 0 Å². The van der Waals surface area contributed by atoms with Crippen LogP contribution in [0.15, 0.2) is 60.7 Å². The van der Waals surface area contributed by atoms with E-state index in [1.807, 2.05) is 0 Å². The first kappa shape index (κ1) is 16.2. The third-order valence-corrected chi connectivity index (χ3v) is 4.63. The molecule has 1 aliphatic heterocycles. The number of hydrogen-bond donors (Lipinski definition) is 0. The molecule has 1 heterocycles. The smallest absolute Gasteiger partial charge is 0.108 e. The van der Waals surface area contributed by atoms with Crippen molar-refractivity contribution in [3.63, 3.8) is 0 Å². The van der Waals surface area contributed by atoms with Crippen molar-refractivity contribution in [3.8, 4) is 0 Å². The summed E-state index contributed by atoms with van der Waals surface area (Å²) in [5.41, 5.74) is 2.67. The van der Waals surface area contributed by atoms with E-state index in [2.05, 4.69) is 86.3 Å². The predicted molar refractivity (Wildman–Crippen MR) is 95.5 cm³/mol. The number of nitrogens with zero attached hydrogens (tertiary/aromatic N) is 1. The normalized spacial score (nSPS) is 19.4. The predicted octanol–water partition coefficient (Wildman–Crippen LogP) is 4.67. The van der Waals surface area contributed by atoms with E-state index in [9.17, 15) is 0 Å². The van der Waals surface area contributed by atoms with Crippen molar-refractivity contribution in [2.24, 2.45) is 0 Å². The third-order valence-electron chi connectivity index (χ3n) is 4.63. The Morgan fingerprint density at radius 1 is 0.913 bits per heavy atom. The Morgan fingerprint density at radius 2 is 1.43 bits per heavy atom. The highest BCUT2D eigenvalue weighted by Gasteiger charge is 2.32. The fourth-order valence-corrected chi connectivity index (χ4v) is 3.25. The van der Waals surface area contributed by atoms with Crippen LogP contribution in [0.4, 0.5) is 0 Å². The number of likely N-dealkylation sites (tertiary alicyclic amines) is 1. The van der Waals surface area contributed by atoms with E-state index in [-0.39, 0.29) is 11.6 Å². The Labute approximate surface area is 140 Å². The van der Waals surface area contributed by atoms with E-state index in [4.69, 9.17) is 4.74 Å². The molecule has 0 radical (unpaired) electrons. The second kappa shape index (κ2) is 6.86. The fourth-order valence-electron chi connectivity index (χ4n) is 3.25. The average Bonchev–Trinajstić information content (AvgIpc) is 3.03. The molecule has 3 rings (SSSR count). The van der Waals surface area contributed by atoms with Gasteiger partial charge in [-0.15, -0.1) is 0 Å². The molecule has 0 saturated carbocycles. The van der Waals surface area contributed by atoms with Crippen molar-refractivity contribution in [1.82, 2.24) is 4.90 Å². The van der Waals surface area contributed by atoms with Crippen LogP contribution in [0, 0.1) is 0 Å². The van der Waals surface area contributed by atoms with Crippen LogP contribution in [0.1, 0.15) is 44.4 Å². The lowest BCUT2D eigenvalue weighted by Gasteiger charge is -2.32. The van der Waals surface area contributed by atoms with Gasteiger partial charge in [-0.1, -0.05) is 60.7 Å². The molecule has 122 valence electrons. The molecule has 2 aromatic carbocycles. The zero-order valence-electron chi connectivity index (χ0n) is 14.4. The van der Waals surface area contributed by atoms with E-state index in [1.165, 1.54) is 11.1 Å². The van der Waals surface area contributed by atoms with Crippen LogP contribution in [0.25, 0.3) is 0 Å². The highest BCUT2D eigenvalue weighted by molar-refractivity contribution is 5.30. The van der Waals surface area contributed by atoms with Gasteiger partial charge in [-0.05, 0) is 38.3 Å². The maximum absolute atomic E-state index is 6.57. The molecule has 0 aliphatic carbocycles. The molecule has 1 unspecified atom stereocenters. The molecule has 0 spiro atoms. The van der Waals surface area contributed by atoms with Crippen molar-refractivity contribution in [2.45, 2.75) is 44.9 Å². The van der Waals surface area contributed by atoms with Gasteiger partial charge < -0.3 is 4.74 Å². The summed E-state index contributed by atoms with van der Waals surface area (Å²) >= 11 is 0. The van der Waals surface area contributed by atoms with Crippen LogP contribution in [-0.4, -0.2) is 29.6 Å². The van der Waals surface area contributed by atoms with Crippen LogP contribution < -0.4 is 0 Å². The second-order valence-electron chi connectivity index (χ2n) is 7.37. The molecule has 0 aromatic heterocycles. The van der Waals surface area contributed by atoms with Gasteiger partial charge in [0.2, 0.25) is 0 Å². The summed E-state index contributed by atoms with van der Waals surface area (Å²) in [6.45, 7) is 8.97. The van der Waals surface area contributed by atoms with Gasteiger partial charge in [-0.3, -0.25) is 4.90 Å². The Kier molecular flexibility index (Phi) is 4.84. The fraction of sp³-hybridized carbons (Fsp3) is 0.429. The number of benzene rings is 2. The molecular weight excluding hydrogens is 282 g/mol. The average molecular weight is 309 g/mol. The highest BCUT2D eigenvalue weighted by Crippen LogP contribution is 2.31. The van der Waals surface area contributed by atoms with Crippen LogP contribution in [0.5, 0.6) is 0 Å². The molecule has 2 aromatic rings. The quantitative estimate of drug-likeness (QED) is 0.814. The van der Waals surface area contributed by atoms with E-state index < -0.39 is 0 Å². The van der Waals surface area contributed by atoms with E-state index in [0.29, 0.717) is 6.10 Å². The third kappa shape index (κ3) is 4.01. The maximum atomic E-state index is 6.57. The summed E-state index contributed by atoms with van der Waals surface area (Å²) in [6.07, 6.45) is 1.41. The van der Waals surface area contributed by atoms with Gasteiger partial charge in [0.05, 0.1) is 6.10 Å². The lowest BCUT2D eigenvalue weighted by Crippen LogP contribution is -2.40. The second-order valence-corrected chi connectivity index (χ2v) is 7.37. The molecular formula is C21H27NO. The standard InChI is InChI=1S/C21H27NO/c1-21(2,3)22-15-14-19(16-22)23-20(17-10-6-4-7-11-17)18-12-8-5-9-13-18/h4-13,19-20H,14-16H2,1-3H3. The zero-order chi connectivity index (χ0) is 16.3. The first-order valence-electron chi connectivity index (χ1n) is 8.54. The first-order valence-corrected chi connectivity index (χ1v) is 8.54. The van der Waals surface area contributed by atoms with Crippen LogP contribution in [0.2, 0.25) is 0 Å². The minimum absolute atomic E-state index is 0.0160. The van der Waals surface area contributed by atoms with Crippen molar-refractivity contribution >= 4 is 0 Å². The molecule has 0 amide bonds. The molecule has 2 heteroatoms. The molecule has 1 fully saturated rings. The lowest BCUT2D eigenvalue weighted by molar-refractivity contribution is 0.00831. The van der Waals surface area contributed by atoms with Gasteiger partial charge in [0, 0.05) is 18.6 Å². The van der Waals surface area contributed by atoms with Gasteiger partial charge in [-0.2, -0.15) is 0 Å². The molecule has 0 bridgehead atoms. The SMILES string of the molecule is CC(C)(C)N1CCC(OC(c2ccccc2)c2ccccc2)C1. The van der Waals surface area contributed by atoms with E-state index in [1.54, 1.807) is 0 Å². The van der Waals surface area contributed by atoms with Crippen molar-refractivity contribution in [1.29, 1.82) is 0 Å². The van der Waals surface area contributed by atoms with Crippen molar-refractivity contribution in [2.75, 3.05) is 13.1 Å². The Morgan fingerprint density at radius 3 is 1.87 bits per heavy atom. The monoisotopic (exact) mass is 309 g/mol. The minimum Gasteiger partial charge on any atom is -0.364 e.